The molecule has 3 rings (SSSR count). The van der Waals surface area contributed by atoms with E-state index in [0.717, 1.165) is 23.7 Å². The molecule has 0 radical (unpaired) electrons. The van der Waals surface area contributed by atoms with Crippen LogP contribution in [0.3, 0.4) is 0 Å². The lowest BCUT2D eigenvalue weighted by atomic mass is 9.88. The summed E-state index contributed by atoms with van der Waals surface area (Å²) in [4.78, 5) is 2.23. The molecular formula is C16H22N2OS. The number of benzene rings is 1. The fourth-order valence-corrected chi connectivity index (χ4v) is 3.91. The third kappa shape index (κ3) is 1.89. The average molecular weight is 290 g/mol. The van der Waals surface area contributed by atoms with Gasteiger partial charge in [0.2, 0.25) is 0 Å². The molecular weight excluding hydrogens is 268 g/mol. The van der Waals surface area contributed by atoms with E-state index in [1.165, 1.54) is 11.1 Å². The first-order valence-electron chi connectivity index (χ1n) is 7.34. The molecule has 0 amide bonds. The molecule has 1 aromatic rings. The number of fused-ring (bicyclic) bond motifs is 4. The van der Waals surface area contributed by atoms with Crippen LogP contribution in [0.1, 0.15) is 50.8 Å². The molecule has 20 heavy (non-hydrogen) atoms. The monoisotopic (exact) mass is 290 g/mol. The van der Waals surface area contributed by atoms with Crippen LogP contribution in [0.2, 0.25) is 0 Å². The molecule has 0 aliphatic carbocycles. The number of aryl methyl sites for hydroxylation is 1. The van der Waals surface area contributed by atoms with Crippen LogP contribution >= 0.6 is 12.2 Å². The number of hydrogen-bond acceptors (Lipinski definition) is 2. The highest BCUT2D eigenvalue weighted by Gasteiger charge is 2.49. The van der Waals surface area contributed by atoms with E-state index in [1.807, 2.05) is 0 Å². The molecule has 1 N–H and O–H groups in total. The van der Waals surface area contributed by atoms with Crippen molar-refractivity contribution in [1.82, 2.24) is 10.2 Å². The van der Waals surface area contributed by atoms with Crippen LogP contribution in [-0.4, -0.2) is 21.8 Å². The van der Waals surface area contributed by atoms with Gasteiger partial charge in [0.15, 0.2) is 10.8 Å². The van der Waals surface area contributed by atoms with Crippen molar-refractivity contribution in [2.45, 2.75) is 58.3 Å². The van der Waals surface area contributed by atoms with Gasteiger partial charge in [0.1, 0.15) is 5.75 Å². The molecule has 1 aromatic carbocycles. The van der Waals surface area contributed by atoms with Gasteiger partial charge < -0.3 is 15.0 Å². The van der Waals surface area contributed by atoms with Crippen LogP contribution in [-0.2, 0) is 0 Å². The van der Waals surface area contributed by atoms with E-state index in [2.05, 4.69) is 56.1 Å². The smallest absolute Gasteiger partial charge is 0.184 e. The molecule has 1 fully saturated rings. The Kier molecular flexibility index (Phi) is 3.16. The third-order valence-corrected chi connectivity index (χ3v) is 4.89. The van der Waals surface area contributed by atoms with Gasteiger partial charge in [0.05, 0.1) is 6.04 Å². The van der Waals surface area contributed by atoms with Crippen LogP contribution in [0.5, 0.6) is 5.75 Å². The van der Waals surface area contributed by atoms with Crippen molar-refractivity contribution in [2.75, 3.05) is 0 Å². The van der Waals surface area contributed by atoms with E-state index in [9.17, 15) is 0 Å². The number of thiocarbonyl (C=S) groups is 1. The van der Waals surface area contributed by atoms with Crippen molar-refractivity contribution in [1.29, 1.82) is 0 Å². The summed E-state index contributed by atoms with van der Waals surface area (Å²) in [5.74, 6) is 1.02. The first kappa shape index (κ1) is 13.7. The summed E-state index contributed by atoms with van der Waals surface area (Å²) in [6.07, 6.45) is 1.97. The topological polar surface area (TPSA) is 24.5 Å². The second-order valence-corrected chi connectivity index (χ2v) is 6.49. The van der Waals surface area contributed by atoms with Gasteiger partial charge in [0.25, 0.3) is 0 Å². The second kappa shape index (κ2) is 4.62. The Morgan fingerprint density at radius 1 is 1.55 bits per heavy atom. The number of nitrogens with one attached hydrogen (secondary N) is 1. The van der Waals surface area contributed by atoms with E-state index in [0.29, 0.717) is 6.04 Å². The molecule has 0 spiro atoms. The number of hydrogen-bond donors (Lipinski definition) is 1. The highest BCUT2D eigenvalue weighted by Crippen LogP contribution is 2.46. The van der Waals surface area contributed by atoms with Crippen LogP contribution < -0.4 is 10.1 Å². The SMILES string of the molecule is CCC(C)N1C(=S)NC2CC1(C)Oc1c(C)cccc12. The van der Waals surface area contributed by atoms with Crippen molar-refractivity contribution >= 4 is 17.3 Å². The lowest BCUT2D eigenvalue weighted by Gasteiger charge is -2.54. The maximum absolute atomic E-state index is 6.43. The van der Waals surface area contributed by atoms with Crippen molar-refractivity contribution in [2.24, 2.45) is 0 Å². The lowest BCUT2D eigenvalue weighted by Crippen LogP contribution is -2.66. The first-order valence-corrected chi connectivity index (χ1v) is 7.75. The van der Waals surface area contributed by atoms with Crippen LogP contribution in [0.25, 0.3) is 0 Å². The minimum atomic E-state index is -0.346. The molecule has 3 nitrogen and oxygen atoms in total. The van der Waals surface area contributed by atoms with Gasteiger partial charge in [-0.05, 0) is 45.0 Å². The zero-order valence-corrected chi connectivity index (χ0v) is 13.4. The minimum absolute atomic E-state index is 0.261. The highest BCUT2D eigenvalue weighted by molar-refractivity contribution is 7.80. The maximum Gasteiger partial charge on any atom is 0.184 e. The Morgan fingerprint density at radius 2 is 2.30 bits per heavy atom. The van der Waals surface area contributed by atoms with E-state index in [1.54, 1.807) is 0 Å². The van der Waals surface area contributed by atoms with E-state index in [4.69, 9.17) is 17.0 Å². The molecule has 1 saturated heterocycles. The predicted octanol–water partition coefficient (Wildman–Crippen LogP) is 3.52. The summed E-state index contributed by atoms with van der Waals surface area (Å²) in [7, 11) is 0. The Balaban J connectivity index is 2.07. The van der Waals surface area contributed by atoms with Crippen LogP contribution in [0.15, 0.2) is 18.2 Å². The number of ether oxygens (including phenoxy) is 1. The fourth-order valence-electron chi connectivity index (χ4n) is 3.40. The van der Waals surface area contributed by atoms with Gasteiger partial charge in [-0.3, -0.25) is 0 Å². The summed E-state index contributed by atoms with van der Waals surface area (Å²) < 4.78 is 6.43. The van der Waals surface area contributed by atoms with Crippen LogP contribution in [0.4, 0.5) is 0 Å². The summed E-state index contributed by atoms with van der Waals surface area (Å²) >= 11 is 5.59. The average Bonchev–Trinajstić information content (AvgIpc) is 2.39. The number of para-hydroxylation sites is 1. The van der Waals surface area contributed by atoms with Gasteiger partial charge >= 0.3 is 0 Å². The molecule has 2 bridgehead atoms. The molecule has 4 heteroatoms. The van der Waals surface area contributed by atoms with E-state index < -0.39 is 0 Å². The second-order valence-electron chi connectivity index (χ2n) is 6.10. The van der Waals surface area contributed by atoms with Gasteiger partial charge in [-0.1, -0.05) is 25.1 Å². The largest absolute Gasteiger partial charge is 0.467 e. The molecule has 3 atom stereocenters. The summed E-state index contributed by atoms with van der Waals surface area (Å²) in [5.41, 5.74) is 2.08. The van der Waals surface area contributed by atoms with E-state index >= 15 is 0 Å². The minimum Gasteiger partial charge on any atom is -0.467 e. The molecule has 3 unspecified atom stereocenters. The Bertz CT molecular complexity index is 559. The Morgan fingerprint density at radius 3 is 3.00 bits per heavy atom. The van der Waals surface area contributed by atoms with E-state index in [-0.39, 0.29) is 11.8 Å². The van der Waals surface area contributed by atoms with Gasteiger partial charge in [0, 0.05) is 18.0 Å². The van der Waals surface area contributed by atoms with Crippen LogP contribution in [0, 0.1) is 6.92 Å². The fraction of sp³-hybridized carbons (Fsp3) is 0.562. The van der Waals surface area contributed by atoms with Crippen molar-refractivity contribution in [3.63, 3.8) is 0 Å². The highest BCUT2D eigenvalue weighted by atomic mass is 32.1. The molecule has 2 aliphatic rings. The zero-order chi connectivity index (χ0) is 14.5. The summed E-state index contributed by atoms with van der Waals surface area (Å²) in [5, 5.41) is 4.31. The quantitative estimate of drug-likeness (QED) is 0.842. The Hall–Kier alpha value is -1.29. The number of rotatable bonds is 2. The lowest BCUT2D eigenvalue weighted by molar-refractivity contribution is -0.0844. The predicted molar refractivity (Wildman–Crippen MR) is 84.9 cm³/mol. The number of nitrogens with zero attached hydrogens (tertiary/aromatic N) is 1. The van der Waals surface area contributed by atoms with Gasteiger partial charge in [-0.2, -0.15) is 0 Å². The summed E-state index contributed by atoms with van der Waals surface area (Å²) in [6, 6.07) is 6.96. The standard InChI is InChI=1S/C16H22N2OS/c1-5-11(3)18-15(20)17-13-9-16(18,4)19-14-10(2)7-6-8-12(13)14/h6-8,11,13H,5,9H2,1-4H3,(H,17,20). The van der Waals surface area contributed by atoms with Gasteiger partial charge in [-0.25, -0.2) is 0 Å². The summed E-state index contributed by atoms with van der Waals surface area (Å²) in [6.45, 7) is 8.66. The maximum atomic E-state index is 6.43. The zero-order valence-electron chi connectivity index (χ0n) is 12.6. The normalized spacial score (nSPS) is 29.3. The first-order chi connectivity index (χ1) is 9.46. The van der Waals surface area contributed by atoms with Crippen molar-refractivity contribution < 1.29 is 4.74 Å². The molecule has 108 valence electrons. The third-order valence-electron chi connectivity index (χ3n) is 4.58. The molecule has 0 saturated carbocycles. The van der Waals surface area contributed by atoms with Gasteiger partial charge in [-0.15, -0.1) is 0 Å². The van der Waals surface area contributed by atoms with Crippen molar-refractivity contribution in [3.8, 4) is 5.75 Å². The molecule has 2 aliphatic heterocycles. The van der Waals surface area contributed by atoms with Crippen molar-refractivity contribution in [3.05, 3.63) is 29.3 Å². The molecule has 0 aromatic heterocycles. The molecule has 2 heterocycles. The Labute approximate surface area is 126 Å².